The number of nitrogens with one attached hydrogen (secondary N) is 1. The number of aliphatic hydroxyl groups excluding tert-OH is 1. The van der Waals surface area contributed by atoms with E-state index in [1.807, 2.05) is 0 Å². The lowest BCUT2D eigenvalue weighted by Gasteiger charge is -2.20. The van der Waals surface area contributed by atoms with E-state index >= 15 is 0 Å². The molecule has 1 atom stereocenters. The van der Waals surface area contributed by atoms with Gasteiger partial charge in [-0.15, -0.1) is 6.58 Å². The van der Waals surface area contributed by atoms with Crippen LogP contribution in [0.1, 0.15) is 32.4 Å². The predicted molar refractivity (Wildman–Crippen MR) is 76.5 cm³/mol. The normalized spacial score (nSPS) is 12.7. The van der Waals surface area contributed by atoms with Crippen LogP contribution in [-0.4, -0.2) is 16.8 Å². The van der Waals surface area contributed by atoms with Crippen molar-refractivity contribution in [3.05, 3.63) is 41.4 Å². The number of carbonyl (C=O) groups excluding carboxylic acids is 1. The number of hydrogen-bond donors (Lipinski definition) is 2. The molecule has 1 rings (SSSR count). The first-order valence-electron chi connectivity index (χ1n) is 5.83. The number of ether oxygens (including phenoxy) is 1. The Hall–Kier alpha value is -1.52. The summed E-state index contributed by atoms with van der Waals surface area (Å²) in [5.41, 5.74) is 0.384. The molecule has 5 heteroatoms. The number of anilines is 1. The maximum Gasteiger partial charge on any atom is 0.412 e. The van der Waals surface area contributed by atoms with Crippen LogP contribution in [0.3, 0.4) is 0 Å². The number of aliphatic hydroxyl groups is 1. The first kappa shape index (κ1) is 15.5. The van der Waals surface area contributed by atoms with E-state index in [0.717, 1.165) is 0 Å². The van der Waals surface area contributed by atoms with Gasteiger partial charge >= 0.3 is 6.09 Å². The highest BCUT2D eigenvalue weighted by atomic mass is 35.5. The molecule has 0 aliphatic rings. The van der Waals surface area contributed by atoms with Crippen LogP contribution in [0.4, 0.5) is 10.5 Å². The molecule has 0 aromatic heterocycles. The van der Waals surface area contributed by atoms with Gasteiger partial charge in [0, 0.05) is 0 Å². The SMILES string of the molecule is C=CC(O)c1ccc(Cl)c(NC(=O)OC(C)(C)C)c1. The molecule has 0 saturated heterocycles. The average molecular weight is 284 g/mol. The van der Waals surface area contributed by atoms with Gasteiger partial charge in [0.2, 0.25) is 0 Å². The fourth-order valence-electron chi connectivity index (χ4n) is 1.37. The van der Waals surface area contributed by atoms with Gasteiger partial charge in [0.05, 0.1) is 16.8 Å². The topological polar surface area (TPSA) is 58.6 Å². The lowest BCUT2D eigenvalue weighted by atomic mass is 10.1. The van der Waals surface area contributed by atoms with Crippen LogP contribution in [0.5, 0.6) is 0 Å². The van der Waals surface area contributed by atoms with E-state index in [4.69, 9.17) is 16.3 Å². The zero-order chi connectivity index (χ0) is 14.6. The van der Waals surface area contributed by atoms with Crippen molar-refractivity contribution in [2.24, 2.45) is 0 Å². The van der Waals surface area contributed by atoms with Gasteiger partial charge in [-0.1, -0.05) is 23.7 Å². The van der Waals surface area contributed by atoms with Gasteiger partial charge in [-0.05, 0) is 38.5 Å². The van der Waals surface area contributed by atoms with E-state index in [1.165, 1.54) is 6.08 Å². The van der Waals surface area contributed by atoms with Crippen LogP contribution in [0, 0.1) is 0 Å². The highest BCUT2D eigenvalue weighted by Crippen LogP contribution is 2.27. The Bertz CT molecular complexity index is 480. The van der Waals surface area contributed by atoms with E-state index < -0.39 is 17.8 Å². The summed E-state index contributed by atoms with van der Waals surface area (Å²) in [5.74, 6) is 0. The molecule has 0 radical (unpaired) electrons. The number of benzene rings is 1. The standard InChI is InChI=1S/C14H18ClNO3/c1-5-12(17)9-6-7-10(15)11(8-9)16-13(18)19-14(2,3)4/h5-8,12,17H,1H2,2-4H3,(H,16,18). The molecule has 2 N–H and O–H groups in total. The van der Waals surface area contributed by atoms with E-state index in [0.29, 0.717) is 16.3 Å². The summed E-state index contributed by atoms with van der Waals surface area (Å²) in [6, 6.07) is 4.84. The predicted octanol–water partition coefficient (Wildman–Crippen LogP) is 3.91. The molecule has 104 valence electrons. The van der Waals surface area contributed by atoms with Crippen molar-refractivity contribution in [3.8, 4) is 0 Å². The van der Waals surface area contributed by atoms with Crippen molar-refractivity contribution in [2.45, 2.75) is 32.5 Å². The minimum atomic E-state index is -0.809. The molecule has 4 nitrogen and oxygen atoms in total. The molecule has 1 aromatic carbocycles. The first-order chi connectivity index (χ1) is 8.73. The van der Waals surface area contributed by atoms with Crippen LogP contribution in [0.2, 0.25) is 5.02 Å². The highest BCUT2D eigenvalue weighted by Gasteiger charge is 2.17. The maximum absolute atomic E-state index is 11.7. The van der Waals surface area contributed by atoms with Crippen molar-refractivity contribution in [2.75, 3.05) is 5.32 Å². The second-order valence-corrected chi connectivity index (χ2v) is 5.45. The average Bonchev–Trinajstić information content (AvgIpc) is 2.28. The van der Waals surface area contributed by atoms with E-state index in [-0.39, 0.29) is 0 Å². The second-order valence-electron chi connectivity index (χ2n) is 5.05. The molecule has 0 heterocycles. The molecule has 0 spiro atoms. The maximum atomic E-state index is 11.7. The van der Waals surface area contributed by atoms with Crippen LogP contribution in [-0.2, 0) is 4.74 Å². The number of rotatable bonds is 3. The summed E-state index contributed by atoms with van der Waals surface area (Å²) in [6.45, 7) is 8.81. The van der Waals surface area contributed by atoms with E-state index in [2.05, 4.69) is 11.9 Å². The quantitative estimate of drug-likeness (QED) is 0.827. The summed E-state index contributed by atoms with van der Waals surface area (Å²) in [4.78, 5) is 11.7. The molecule has 0 fully saturated rings. The van der Waals surface area contributed by atoms with Crippen LogP contribution in [0.25, 0.3) is 0 Å². The Balaban J connectivity index is 2.88. The minimum absolute atomic E-state index is 0.367. The van der Waals surface area contributed by atoms with Gasteiger partial charge in [0.1, 0.15) is 5.60 Å². The van der Waals surface area contributed by atoms with Crippen LogP contribution >= 0.6 is 11.6 Å². The zero-order valence-corrected chi connectivity index (χ0v) is 12.0. The summed E-state index contributed by atoms with van der Waals surface area (Å²) in [7, 11) is 0. The second kappa shape index (κ2) is 6.08. The molecule has 1 aromatic rings. The third-order valence-corrected chi connectivity index (χ3v) is 2.52. The lowest BCUT2D eigenvalue weighted by molar-refractivity contribution is 0.0636. The Labute approximate surface area is 118 Å². The largest absolute Gasteiger partial charge is 0.444 e. The fourth-order valence-corrected chi connectivity index (χ4v) is 1.54. The van der Waals surface area contributed by atoms with E-state index in [9.17, 15) is 9.90 Å². The van der Waals surface area contributed by atoms with E-state index in [1.54, 1.807) is 39.0 Å². The Morgan fingerprint density at radius 2 is 2.16 bits per heavy atom. The Morgan fingerprint density at radius 3 is 2.68 bits per heavy atom. The van der Waals surface area contributed by atoms with Crippen molar-refractivity contribution >= 4 is 23.4 Å². The molecule has 1 amide bonds. The summed E-state index contributed by atoms with van der Waals surface area (Å²) < 4.78 is 5.13. The lowest BCUT2D eigenvalue weighted by Crippen LogP contribution is -2.27. The first-order valence-corrected chi connectivity index (χ1v) is 6.21. The molecule has 19 heavy (non-hydrogen) atoms. The van der Waals surface area contributed by atoms with Crippen LogP contribution < -0.4 is 5.32 Å². The Kier molecular flexibility index (Phi) is 4.97. The molecular formula is C14H18ClNO3. The van der Waals surface area contributed by atoms with Gasteiger partial charge < -0.3 is 9.84 Å². The Morgan fingerprint density at radius 1 is 1.53 bits per heavy atom. The van der Waals surface area contributed by atoms with Gasteiger partial charge in [-0.3, -0.25) is 5.32 Å². The zero-order valence-electron chi connectivity index (χ0n) is 11.2. The fraction of sp³-hybridized carbons (Fsp3) is 0.357. The van der Waals surface area contributed by atoms with Gasteiger partial charge in [0.15, 0.2) is 0 Å². The van der Waals surface area contributed by atoms with Crippen LogP contribution in [0.15, 0.2) is 30.9 Å². The monoisotopic (exact) mass is 283 g/mol. The van der Waals surface area contributed by atoms with Gasteiger partial charge in [0.25, 0.3) is 0 Å². The third kappa shape index (κ3) is 4.93. The number of halogens is 1. The molecule has 0 aliphatic carbocycles. The third-order valence-electron chi connectivity index (χ3n) is 2.19. The molecule has 0 saturated carbocycles. The number of carbonyl (C=O) groups is 1. The van der Waals surface area contributed by atoms with Crippen molar-refractivity contribution in [1.29, 1.82) is 0 Å². The van der Waals surface area contributed by atoms with Gasteiger partial charge in [-0.25, -0.2) is 4.79 Å². The molecular weight excluding hydrogens is 266 g/mol. The number of amides is 1. The minimum Gasteiger partial charge on any atom is -0.444 e. The molecule has 1 unspecified atom stereocenters. The van der Waals surface area contributed by atoms with Crippen molar-refractivity contribution in [3.63, 3.8) is 0 Å². The van der Waals surface area contributed by atoms with Crippen molar-refractivity contribution in [1.82, 2.24) is 0 Å². The summed E-state index contributed by atoms with van der Waals surface area (Å²) in [5, 5.41) is 12.6. The highest BCUT2D eigenvalue weighted by molar-refractivity contribution is 6.33. The van der Waals surface area contributed by atoms with Crippen molar-refractivity contribution < 1.29 is 14.6 Å². The summed E-state index contributed by atoms with van der Waals surface area (Å²) in [6.07, 6.45) is -0.0170. The molecule has 0 aliphatic heterocycles. The summed E-state index contributed by atoms with van der Waals surface area (Å²) >= 11 is 5.98. The number of hydrogen-bond acceptors (Lipinski definition) is 3. The van der Waals surface area contributed by atoms with Gasteiger partial charge in [-0.2, -0.15) is 0 Å². The molecule has 0 bridgehead atoms. The smallest absolute Gasteiger partial charge is 0.412 e.